The lowest BCUT2D eigenvalue weighted by molar-refractivity contribution is 0.0935. The van der Waals surface area contributed by atoms with E-state index in [2.05, 4.69) is 21.2 Å². The molecule has 1 amide bonds. The molecule has 2 atom stereocenters. The highest BCUT2D eigenvalue weighted by Gasteiger charge is 2.27. The molecule has 1 aliphatic carbocycles. The number of benzene rings is 1. The summed E-state index contributed by atoms with van der Waals surface area (Å²) in [5, 5.41) is 2.96. The molecule has 1 aromatic carbocycles. The van der Waals surface area contributed by atoms with Crippen molar-refractivity contribution in [1.82, 2.24) is 5.32 Å². The van der Waals surface area contributed by atoms with Gasteiger partial charge in [0.1, 0.15) is 5.82 Å². The van der Waals surface area contributed by atoms with E-state index in [1.165, 1.54) is 18.2 Å². The third-order valence-corrected chi connectivity index (χ3v) is 4.35. The predicted octanol–water partition coefficient (Wildman–Crippen LogP) is 3.52. The molecule has 1 aliphatic rings. The Bertz CT molecular complexity index is 420. The van der Waals surface area contributed by atoms with Crippen LogP contribution in [-0.2, 0) is 0 Å². The van der Waals surface area contributed by atoms with E-state index in [0.717, 1.165) is 19.3 Å². The standard InChI is InChI=1S/C12H12BrClFNO/c13-7-3-1-6-10(7)16-12(17)11-8(14)4-2-5-9(11)15/h2,4-5,7,10H,1,3,6H2,(H,16,17). The molecule has 1 saturated carbocycles. The molecule has 0 radical (unpaired) electrons. The van der Waals surface area contributed by atoms with Gasteiger partial charge in [-0.25, -0.2) is 4.39 Å². The minimum absolute atomic E-state index is 0.0539. The van der Waals surface area contributed by atoms with Crippen molar-refractivity contribution in [3.8, 4) is 0 Å². The lowest BCUT2D eigenvalue weighted by Gasteiger charge is -2.16. The Hall–Kier alpha value is -0.610. The van der Waals surface area contributed by atoms with Gasteiger partial charge >= 0.3 is 0 Å². The topological polar surface area (TPSA) is 29.1 Å². The van der Waals surface area contributed by atoms with Gasteiger partial charge in [-0.1, -0.05) is 40.0 Å². The Labute approximate surface area is 113 Å². The maximum atomic E-state index is 13.5. The molecule has 2 unspecified atom stereocenters. The number of hydrogen-bond acceptors (Lipinski definition) is 1. The van der Waals surface area contributed by atoms with E-state index in [9.17, 15) is 9.18 Å². The van der Waals surface area contributed by atoms with Gasteiger partial charge < -0.3 is 5.32 Å². The van der Waals surface area contributed by atoms with Crippen LogP contribution in [0, 0.1) is 5.82 Å². The van der Waals surface area contributed by atoms with E-state index in [4.69, 9.17) is 11.6 Å². The monoisotopic (exact) mass is 319 g/mol. The van der Waals surface area contributed by atoms with Gasteiger partial charge in [0.15, 0.2) is 0 Å². The van der Waals surface area contributed by atoms with Crippen LogP contribution in [0.25, 0.3) is 0 Å². The highest BCUT2D eigenvalue weighted by molar-refractivity contribution is 9.09. The van der Waals surface area contributed by atoms with Crippen molar-refractivity contribution in [3.63, 3.8) is 0 Å². The van der Waals surface area contributed by atoms with Crippen molar-refractivity contribution in [2.45, 2.75) is 30.1 Å². The molecular formula is C12H12BrClFNO. The van der Waals surface area contributed by atoms with Crippen LogP contribution in [0.1, 0.15) is 29.6 Å². The summed E-state index contributed by atoms with van der Waals surface area (Å²) in [4.78, 5) is 12.2. The fourth-order valence-electron chi connectivity index (χ4n) is 2.03. The van der Waals surface area contributed by atoms with Gasteiger partial charge in [0, 0.05) is 10.9 Å². The molecule has 1 fully saturated rings. The molecule has 5 heteroatoms. The second-order valence-corrected chi connectivity index (χ2v) is 5.71. The van der Waals surface area contributed by atoms with Crippen LogP contribution in [0.4, 0.5) is 4.39 Å². The van der Waals surface area contributed by atoms with Gasteiger partial charge in [-0.15, -0.1) is 0 Å². The molecule has 0 spiro atoms. The number of amides is 1. The SMILES string of the molecule is O=C(NC1CCCC1Br)c1c(F)cccc1Cl. The second-order valence-electron chi connectivity index (χ2n) is 4.12. The second kappa shape index (κ2) is 5.36. The number of alkyl halides is 1. The third kappa shape index (κ3) is 2.80. The Morgan fingerprint density at radius 2 is 2.24 bits per heavy atom. The zero-order valence-corrected chi connectivity index (χ0v) is 11.4. The smallest absolute Gasteiger partial charge is 0.256 e. The Balaban J connectivity index is 2.14. The lowest BCUT2D eigenvalue weighted by atomic mass is 10.1. The minimum Gasteiger partial charge on any atom is -0.348 e. The number of carbonyl (C=O) groups excluding carboxylic acids is 1. The summed E-state index contributed by atoms with van der Waals surface area (Å²) in [5.41, 5.74) is -0.0687. The van der Waals surface area contributed by atoms with E-state index in [-0.39, 0.29) is 21.5 Å². The Kier molecular flexibility index (Phi) is 4.05. The summed E-state index contributed by atoms with van der Waals surface area (Å²) in [5.74, 6) is -1.02. The zero-order chi connectivity index (χ0) is 12.4. The number of rotatable bonds is 2. The quantitative estimate of drug-likeness (QED) is 0.830. The van der Waals surface area contributed by atoms with E-state index in [1.807, 2.05) is 0 Å². The van der Waals surface area contributed by atoms with Gasteiger partial charge in [0.2, 0.25) is 0 Å². The summed E-state index contributed by atoms with van der Waals surface area (Å²) < 4.78 is 13.5. The van der Waals surface area contributed by atoms with E-state index >= 15 is 0 Å². The van der Waals surface area contributed by atoms with Crippen molar-refractivity contribution in [2.75, 3.05) is 0 Å². The molecule has 0 saturated heterocycles. The summed E-state index contributed by atoms with van der Waals surface area (Å²) in [6.45, 7) is 0. The van der Waals surface area contributed by atoms with Crippen molar-refractivity contribution >= 4 is 33.4 Å². The maximum Gasteiger partial charge on any atom is 0.256 e. The highest BCUT2D eigenvalue weighted by atomic mass is 79.9. The van der Waals surface area contributed by atoms with Crippen LogP contribution in [0.2, 0.25) is 5.02 Å². The average molecular weight is 321 g/mol. The van der Waals surface area contributed by atoms with E-state index < -0.39 is 11.7 Å². The van der Waals surface area contributed by atoms with Crippen LogP contribution in [0.15, 0.2) is 18.2 Å². The first-order valence-corrected chi connectivity index (χ1v) is 6.78. The fraction of sp³-hybridized carbons (Fsp3) is 0.417. The van der Waals surface area contributed by atoms with Gasteiger partial charge in [-0.05, 0) is 25.0 Å². The number of nitrogens with one attached hydrogen (secondary N) is 1. The number of hydrogen-bond donors (Lipinski definition) is 1. The number of carbonyl (C=O) groups is 1. The average Bonchev–Trinajstić information content (AvgIpc) is 2.64. The molecule has 2 nitrogen and oxygen atoms in total. The summed E-state index contributed by atoms with van der Waals surface area (Å²) in [6.07, 6.45) is 3.00. The molecular weight excluding hydrogens is 308 g/mol. The largest absolute Gasteiger partial charge is 0.348 e. The van der Waals surface area contributed by atoms with Crippen LogP contribution < -0.4 is 5.32 Å². The van der Waals surface area contributed by atoms with E-state index in [1.54, 1.807) is 0 Å². The molecule has 1 N–H and O–H groups in total. The first-order chi connectivity index (χ1) is 8.09. The number of halogens is 3. The van der Waals surface area contributed by atoms with Gasteiger partial charge in [0.05, 0.1) is 10.6 Å². The normalized spacial score (nSPS) is 23.7. The molecule has 0 bridgehead atoms. The van der Waals surface area contributed by atoms with Gasteiger partial charge in [-0.2, -0.15) is 0 Å². The van der Waals surface area contributed by atoms with Gasteiger partial charge in [0.25, 0.3) is 5.91 Å². The first kappa shape index (κ1) is 12.8. The summed E-state index contributed by atoms with van der Waals surface area (Å²) in [7, 11) is 0. The van der Waals surface area contributed by atoms with Crippen LogP contribution in [0.3, 0.4) is 0 Å². The Morgan fingerprint density at radius 3 is 2.82 bits per heavy atom. The maximum absolute atomic E-state index is 13.5. The molecule has 2 rings (SSSR count). The molecule has 0 aromatic heterocycles. The molecule has 0 heterocycles. The van der Waals surface area contributed by atoms with E-state index in [0.29, 0.717) is 0 Å². The Morgan fingerprint density at radius 1 is 1.47 bits per heavy atom. The van der Waals surface area contributed by atoms with Crippen LogP contribution in [0.5, 0.6) is 0 Å². The highest BCUT2D eigenvalue weighted by Crippen LogP contribution is 2.26. The van der Waals surface area contributed by atoms with Crippen molar-refractivity contribution < 1.29 is 9.18 Å². The summed E-state index contributed by atoms with van der Waals surface area (Å²) >= 11 is 9.33. The molecule has 0 aliphatic heterocycles. The lowest BCUT2D eigenvalue weighted by Crippen LogP contribution is -2.38. The van der Waals surface area contributed by atoms with Crippen molar-refractivity contribution in [1.29, 1.82) is 0 Å². The summed E-state index contributed by atoms with van der Waals surface area (Å²) in [6, 6.07) is 4.29. The molecule has 17 heavy (non-hydrogen) atoms. The predicted molar refractivity (Wildman–Crippen MR) is 69.2 cm³/mol. The van der Waals surface area contributed by atoms with Crippen LogP contribution >= 0.6 is 27.5 Å². The first-order valence-electron chi connectivity index (χ1n) is 5.48. The zero-order valence-electron chi connectivity index (χ0n) is 9.05. The molecule has 1 aromatic rings. The third-order valence-electron chi connectivity index (χ3n) is 2.94. The minimum atomic E-state index is -0.584. The molecule has 92 valence electrons. The van der Waals surface area contributed by atoms with Crippen LogP contribution in [-0.4, -0.2) is 16.8 Å². The van der Waals surface area contributed by atoms with Gasteiger partial charge in [-0.3, -0.25) is 4.79 Å². The van der Waals surface area contributed by atoms with Crippen molar-refractivity contribution in [3.05, 3.63) is 34.6 Å². The van der Waals surface area contributed by atoms with Crippen molar-refractivity contribution in [2.24, 2.45) is 0 Å². The fourth-order valence-corrected chi connectivity index (χ4v) is 3.00.